The summed E-state index contributed by atoms with van der Waals surface area (Å²) in [5, 5.41) is 14.5. The van der Waals surface area contributed by atoms with Crippen LogP contribution in [0.4, 0.5) is 0 Å². The maximum absolute atomic E-state index is 11.9. The molecule has 1 aromatic heterocycles. The lowest BCUT2D eigenvalue weighted by Crippen LogP contribution is -2.29. The molecule has 0 aliphatic carbocycles. The molecule has 2 heterocycles. The molecule has 2 rings (SSSR count). The van der Waals surface area contributed by atoms with E-state index >= 15 is 0 Å². The molecule has 0 aromatic carbocycles. The normalized spacial score (nSPS) is 18.7. The van der Waals surface area contributed by atoms with Crippen LogP contribution in [0.2, 0.25) is 0 Å². The molecule has 1 aromatic rings. The van der Waals surface area contributed by atoms with Crippen LogP contribution in [0.25, 0.3) is 0 Å². The van der Waals surface area contributed by atoms with Gasteiger partial charge in [0.15, 0.2) is 12.4 Å². The van der Waals surface area contributed by atoms with E-state index in [1.165, 1.54) is 19.5 Å². The molecule has 0 spiro atoms. The second-order valence-electron chi connectivity index (χ2n) is 4.48. The van der Waals surface area contributed by atoms with Crippen LogP contribution < -0.4 is 10.0 Å². The number of rotatable bonds is 2. The molecule has 1 unspecified atom stereocenters. The molecule has 1 aliphatic heterocycles. The van der Waals surface area contributed by atoms with Gasteiger partial charge in [-0.2, -0.15) is 4.73 Å². The number of methoxy groups -OCH3 is 1. The third kappa shape index (κ3) is 2.59. The second kappa shape index (κ2) is 5.14. The van der Waals surface area contributed by atoms with Gasteiger partial charge < -0.3 is 15.3 Å². The highest BCUT2D eigenvalue weighted by molar-refractivity contribution is 5.92. The van der Waals surface area contributed by atoms with Crippen molar-refractivity contribution in [2.45, 2.75) is 19.8 Å². The van der Waals surface area contributed by atoms with Gasteiger partial charge in [0.1, 0.15) is 0 Å². The zero-order valence-corrected chi connectivity index (χ0v) is 11.1. The minimum atomic E-state index is -0.389. The number of carbonyl (C=O) groups is 1. The summed E-state index contributed by atoms with van der Waals surface area (Å²) in [5.41, 5.74) is 2.98. The quantitative estimate of drug-likeness (QED) is 0.495. The number of allylic oxidation sites excluding steroid dienone is 3. The Morgan fingerprint density at radius 2 is 2.21 bits per heavy atom. The largest absolute Gasteiger partial charge is 0.619 e. The predicted octanol–water partition coefficient (Wildman–Crippen LogP) is 1.36. The Balaban J connectivity index is 2.50. The van der Waals surface area contributed by atoms with E-state index in [4.69, 9.17) is 4.74 Å². The highest BCUT2D eigenvalue weighted by Crippen LogP contribution is 2.31. The third-order valence-electron chi connectivity index (χ3n) is 3.08. The molecule has 0 saturated heterocycles. The molecule has 5 nitrogen and oxygen atoms in total. The Kier molecular flexibility index (Phi) is 3.55. The number of aromatic nitrogens is 1. The molecule has 1 aliphatic rings. The number of hydrogen-bond acceptors (Lipinski definition) is 4. The van der Waals surface area contributed by atoms with Gasteiger partial charge in [0.05, 0.1) is 12.7 Å². The molecule has 100 valence electrons. The zero-order valence-electron chi connectivity index (χ0n) is 11.1. The van der Waals surface area contributed by atoms with E-state index in [1.807, 2.05) is 26.0 Å². The van der Waals surface area contributed by atoms with E-state index in [1.54, 1.807) is 6.07 Å². The Hall–Kier alpha value is -2.30. The van der Waals surface area contributed by atoms with Crippen molar-refractivity contribution in [3.8, 4) is 0 Å². The van der Waals surface area contributed by atoms with E-state index in [-0.39, 0.29) is 11.9 Å². The van der Waals surface area contributed by atoms with Crippen LogP contribution >= 0.6 is 0 Å². The number of nitrogens with one attached hydrogen (secondary N) is 1. The van der Waals surface area contributed by atoms with Crippen molar-refractivity contribution in [1.82, 2.24) is 5.32 Å². The van der Waals surface area contributed by atoms with Gasteiger partial charge in [-0.15, -0.1) is 0 Å². The van der Waals surface area contributed by atoms with Crippen molar-refractivity contribution in [2.75, 3.05) is 7.11 Å². The van der Waals surface area contributed by atoms with Gasteiger partial charge in [-0.25, -0.2) is 4.79 Å². The van der Waals surface area contributed by atoms with Crippen LogP contribution in [0.5, 0.6) is 0 Å². The molecule has 0 bridgehead atoms. The first-order valence-electron chi connectivity index (χ1n) is 5.96. The van der Waals surface area contributed by atoms with E-state index < -0.39 is 0 Å². The van der Waals surface area contributed by atoms with Crippen molar-refractivity contribution in [1.29, 1.82) is 0 Å². The SMILES string of the molecule is COC(=O)C1=C(C)NC(C)=CC1c1ccc[n+]([O-])c1. The Morgan fingerprint density at radius 1 is 1.47 bits per heavy atom. The summed E-state index contributed by atoms with van der Waals surface area (Å²) in [6.45, 7) is 3.74. The van der Waals surface area contributed by atoms with Gasteiger partial charge in [-0.3, -0.25) is 0 Å². The fourth-order valence-electron chi connectivity index (χ4n) is 2.28. The van der Waals surface area contributed by atoms with E-state index in [9.17, 15) is 10.0 Å². The summed E-state index contributed by atoms with van der Waals surface area (Å²) in [6, 6.07) is 3.49. The average molecular weight is 260 g/mol. The first kappa shape index (κ1) is 13.1. The average Bonchev–Trinajstić information content (AvgIpc) is 2.37. The van der Waals surface area contributed by atoms with Crippen LogP contribution in [0.1, 0.15) is 25.3 Å². The van der Waals surface area contributed by atoms with Gasteiger partial charge in [-0.1, -0.05) is 6.08 Å². The maximum Gasteiger partial charge on any atom is 0.336 e. The Bertz CT molecular complexity index is 576. The standard InChI is InChI=1S/C14H16N2O3/c1-9-7-12(11-5-4-6-16(18)8-11)13(10(2)15-9)14(17)19-3/h4-8,12,15H,1-3H3. The van der Waals surface area contributed by atoms with E-state index in [2.05, 4.69) is 5.32 Å². The molecule has 5 heteroatoms. The minimum Gasteiger partial charge on any atom is -0.619 e. The minimum absolute atomic E-state index is 0.268. The molecule has 0 saturated carbocycles. The summed E-state index contributed by atoms with van der Waals surface area (Å²) in [4.78, 5) is 11.9. The van der Waals surface area contributed by atoms with Gasteiger partial charge in [0, 0.05) is 28.9 Å². The van der Waals surface area contributed by atoms with Crippen LogP contribution in [-0.2, 0) is 9.53 Å². The lowest BCUT2D eigenvalue weighted by molar-refractivity contribution is -0.605. The lowest BCUT2D eigenvalue weighted by Gasteiger charge is -2.24. The third-order valence-corrected chi connectivity index (χ3v) is 3.08. The Morgan fingerprint density at radius 3 is 2.84 bits per heavy atom. The molecular weight excluding hydrogens is 244 g/mol. The van der Waals surface area contributed by atoms with Gasteiger partial charge >= 0.3 is 5.97 Å². The van der Waals surface area contributed by atoms with Crippen molar-refractivity contribution < 1.29 is 14.3 Å². The lowest BCUT2D eigenvalue weighted by atomic mass is 9.88. The number of hydrogen-bond donors (Lipinski definition) is 1. The number of pyridine rings is 1. The first-order chi connectivity index (χ1) is 9.02. The summed E-state index contributed by atoms with van der Waals surface area (Å²) < 4.78 is 5.55. The topological polar surface area (TPSA) is 65.3 Å². The molecule has 0 amide bonds. The highest BCUT2D eigenvalue weighted by atomic mass is 16.5. The highest BCUT2D eigenvalue weighted by Gasteiger charge is 2.28. The van der Waals surface area contributed by atoms with Crippen molar-refractivity contribution in [2.24, 2.45) is 0 Å². The summed E-state index contributed by atoms with van der Waals surface area (Å²) in [6.07, 6.45) is 4.79. The Labute approximate surface area is 111 Å². The van der Waals surface area contributed by atoms with Gasteiger partial charge in [0.2, 0.25) is 0 Å². The second-order valence-corrected chi connectivity index (χ2v) is 4.48. The zero-order chi connectivity index (χ0) is 14.0. The van der Waals surface area contributed by atoms with E-state index in [0.717, 1.165) is 21.7 Å². The predicted molar refractivity (Wildman–Crippen MR) is 69.8 cm³/mol. The van der Waals surface area contributed by atoms with Gasteiger partial charge in [0.25, 0.3) is 0 Å². The smallest absolute Gasteiger partial charge is 0.336 e. The van der Waals surface area contributed by atoms with Gasteiger partial charge in [-0.05, 0) is 19.9 Å². The molecular formula is C14H16N2O3. The van der Waals surface area contributed by atoms with Crippen LogP contribution in [0.15, 0.2) is 47.6 Å². The molecule has 0 radical (unpaired) electrons. The first-order valence-corrected chi connectivity index (χ1v) is 5.96. The molecule has 1 atom stereocenters. The molecule has 19 heavy (non-hydrogen) atoms. The maximum atomic E-state index is 11.9. The number of esters is 1. The van der Waals surface area contributed by atoms with E-state index in [0.29, 0.717) is 5.57 Å². The monoisotopic (exact) mass is 260 g/mol. The summed E-state index contributed by atoms with van der Waals surface area (Å²) in [7, 11) is 1.35. The molecule has 0 fully saturated rings. The van der Waals surface area contributed by atoms with Crippen LogP contribution in [0, 0.1) is 5.21 Å². The summed E-state index contributed by atoms with van der Waals surface area (Å²) >= 11 is 0. The van der Waals surface area contributed by atoms with Crippen molar-refractivity contribution in [3.63, 3.8) is 0 Å². The molecule has 1 N–H and O–H groups in total. The van der Waals surface area contributed by atoms with Crippen LogP contribution in [-0.4, -0.2) is 13.1 Å². The number of ether oxygens (including phenoxy) is 1. The number of dihydropyridines is 1. The van der Waals surface area contributed by atoms with Crippen molar-refractivity contribution >= 4 is 5.97 Å². The van der Waals surface area contributed by atoms with Crippen molar-refractivity contribution in [3.05, 3.63) is 58.3 Å². The number of nitrogens with zero attached hydrogens (tertiary/aromatic N) is 1. The fraction of sp³-hybridized carbons (Fsp3) is 0.286. The van der Waals surface area contributed by atoms with Crippen LogP contribution in [0.3, 0.4) is 0 Å². The fourth-order valence-corrected chi connectivity index (χ4v) is 2.28. The number of carbonyl (C=O) groups excluding carboxylic acids is 1. The summed E-state index contributed by atoms with van der Waals surface area (Å²) in [5.74, 6) is -0.657.